The van der Waals surface area contributed by atoms with Gasteiger partial charge in [-0.05, 0) is 34.7 Å². The van der Waals surface area contributed by atoms with Gasteiger partial charge in [0.15, 0.2) is 5.69 Å². The summed E-state index contributed by atoms with van der Waals surface area (Å²) in [7, 11) is 0. The maximum atomic E-state index is 11.7. The van der Waals surface area contributed by atoms with Gasteiger partial charge >= 0.3 is 12.0 Å². The Morgan fingerprint density at radius 2 is 2.10 bits per heavy atom. The first-order chi connectivity index (χ1) is 10.1. The predicted octanol–water partition coefficient (Wildman–Crippen LogP) is 2.01. The van der Waals surface area contributed by atoms with Crippen LogP contribution in [0.1, 0.15) is 10.5 Å². The van der Waals surface area contributed by atoms with Crippen LogP contribution in [0.2, 0.25) is 0 Å². The second-order valence-electron chi connectivity index (χ2n) is 4.16. The summed E-state index contributed by atoms with van der Waals surface area (Å²) in [6, 6.07) is 7.14. The highest BCUT2D eigenvalue weighted by Crippen LogP contribution is 2.16. The van der Waals surface area contributed by atoms with Gasteiger partial charge in [-0.25, -0.2) is 14.6 Å². The third-order valence-corrected chi connectivity index (χ3v) is 3.57. The molecule has 0 saturated heterocycles. The number of urea groups is 1. The number of amides is 2. The molecule has 110 valence electrons. The van der Waals surface area contributed by atoms with E-state index in [-0.39, 0.29) is 11.7 Å². The lowest BCUT2D eigenvalue weighted by Gasteiger charge is -2.09. The van der Waals surface area contributed by atoms with Crippen molar-refractivity contribution in [3.05, 3.63) is 46.1 Å². The first-order valence-electron chi connectivity index (χ1n) is 6.10. The number of anilines is 1. The summed E-state index contributed by atoms with van der Waals surface area (Å²) in [5.74, 6) is -1.07. The molecule has 3 N–H and O–H groups in total. The molecule has 8 heteroatoms. The van der Waals surface area contributed by atoms with Gasteiger partial charge in [0.2, 0.25) is 0 Å². The number of nitrogens with one attached hydrogen (secondary N) is 2. The van der Waals surface area contributed by atoms with Crippen LogP contribution in [0.3, 0.4) is 0 Å². The monoisotopic (exact) mass is 400 g/mol. The third-order valence-electron chi connectivity index (χ3n) is 2.63. The molecule has 0 atom stereocenters. The number of carboxylic acids is 1. The fourth-order valence-electron chi connectivity index (χ4n) is 1.62. The molecule has 1 heterocycles. The molecule has 0 fully saturated rings. The number of hydrogen-bond donors (Lipinski definition) is 3. The van der Waals surface area contributed by atoms with Crippen molar-refractivity contribution in [3.63, 3.8) is 0 Å². The Labute approximate surface area is 134 Å². The fraction of sp³-hybridized carbons (Fsp3) is 0.154. The summed E-state index contributed by atoms with van der Waals surface area (Å²) in [5.41, 5.74) is 0.727. The standard InChI is InChI=1S/C13H13IN4O3/c14-9-3-1-2-4-10(9)17-13(21)15-5-6-18-7-11(12(19)20)16-8-18/h1-4,7-8H,5-6H2,(H,19,20)(H2,15,17,21). The maximum Gasteiger partial charge on any atom is 0.356 e. The number of carbonyl (C=O) groups excluding carboxylic acids is 1. The largest absolute Gasteiger partial charge is 0.476 e. The van der Waals surface area contributed by atoms with Crippen LogP contribution in [-0.4, -0.2) is 33.2 Å². The quantitative estimate of drug-likeness (QED) is 0.670. The van der Waals surface area contributed by atoms with Gasteiger partial charge in [0.1, 0.15) is 0 Å². The van der Waals surface area contributed by atoms with Gasteiger partial charge in [0.05, 0.1) is 12.0 Å². The van der Waals surface area contributed by atoms with Crippen molar-refractivity contribution in [2.75, 3.05) is 11.9 Å². The average Bonchev–Trinajstić information content (AvgIpc) is 2.90. The van der Waals surface area contributed by atoms with Gasteiger partial charge < -0.3 is 20.3 Å². The molecule has 0 saturated carbocycles. The van der Waals surface area contributed by atoms with Gasteiger partial charge in [-0.3, -0.25) is 0 Å². The summed E-state index contributed by atoms with van der Waals surface area (Å²) in [6.07, 6.45) is 2.84. The highest BCUT2D eigenvalue weighted by atomic mass is 127. The van der Waals surface area contributed by atoms with Crippen molar-refractivity contribution in [3.8, 4) is 0 Å². The van der Waals surface area contributed by atoms with E-state index in [1.54, 1.807) is 4.57 Å². The lowest BCUT2D eigenvalue weighted by molar-refractivity contribution is 0.0691. The minimum absolute atomic E-state index is 0.0155. The minimum Gasteiger partial charge on any atom is -0.476 e. The molecule has 0 bridgehead atoms. The number of imidazole rings is 1. The zero-order valence-corrected chi connectivity index (χ0v) is 13.1. The van der Waals surface area contributed by atoms with Crippen molar-refractivity contribution >= 4 is 40.3 Å². The number of aromatic carboxylic acids is 1. The zero-order valence-electron chi connectivity index (χ0n) is 10.9. The Balaban J connectivity index is 1.79. The highest BCUT2D eigenvalue weighted by molar-refractivity contribution is 14.1. The lowest BCUT2D eigenvalue weighted by atomic mass is 10.3. The van der Waals surface area contributed by atoms with E-state index in [9.17, 15) is 9.59 Å². The molecular formula is C13H13IN4O3. The number of halogens is 1. The van der Waals surface area contributed by atoms with Crippen molar-refractivity contribution in [2.24, 2.45) is 0 Å². The van der Waals surface area contributed by atoms with Crippen molar-refractivity contribution in [1.29, 1.82) is 0 Å². The van der Waals surface area contributed by atoms with E-state index in [1.807, 2.05) is 24.3 Å². The van der Waals surface area contributed by atoms with Gasteiger partial charge in [0, 0.05) is 22.9 Å². The molecule has 2 amide bonds. The highest BCUT2D eigenvalue weighted by Gasteiger charge is 2.07. The second kappa shape index (κ2) is 7.07. The van der Waals surface area contributed by atoms with Gasteiger partial charge in [-0.2, -0.15) is 0 Å². The fourth-order valence-corrected chi connectivity index (χ4v) is 2.14. The number of aromatic nitrogens is 2. The SMILES string of the molecule is O=C(NCCn1cnc(C(=O)O)c1)Nc1ccccc1I. The van der Waals surface area contributed by atoms with Gasteiger partial charge in [-0.1, -0.05) is 12.1 Å². The van der Waals surface area contributed by atoms with Crippen LogP contribution >= 0.6 is 22.6 Å². The first-order valence-corrected chi connectivity index (χ1v) is 7.18. The number of carboxylic acid groups (broad SMARTS) is 1. The van der Waals surface area contributed by atoms with Gasteiger partial charge in [0.25, 0.3) is 0 Å². The Bertz CT molecular complexity index is 656. The molecule has 0 aliphatic carbocycles. The van der Waals surface area contributed by atoms with Crippen LogP contribution in [0.5, 0.6) is 0 Å². The molecule has 1 aromatic heterocycles. The van der Waals surface area contributed by atoms with E-state index in [1.165, 1.54) is 12.5 Å². The van der Waals surface area contributed by atoms with Crippen LogP contribution in [-0.2, 0) is 6.54 Å². The molecule has 1 aromatic carbocycles. The Morgan fingerprint density at radius 3 is 2.76 bits per heavy atom. The first kappa shape index (κ1) is 15.3. The van der Waals surface area contributed by atoms with Crippen LogP contribution in [0.25, 0.3) is 0 Å². The van der Waals surface area contributed by atoms with E-state index in [2.05, 4.69) is 38.2 Å². The molecule has 0 aliphatic heterocycles. The molecule has 0 aliphatic rings. The summed E-state index contributed by atoms with van der Waals surface area (Å²) >= 11 is 2.14. The van der Waals surface area contributed by atoms with Crippen molar-refractivity contribution < 1.29 is 14.7 Å². The van der Waals surface area contributed by atoms with Gasteiger partial charge in [-0.15, -0.1) is 0 Å². The van der Waals surface area contributed by atoms with Crippen LogP contribution in [0.15, 0.2) is 36.8 Å². The van der Waals surface area contributed by atoms with E-state index in [0.717, 1.165) is 9.26 Å². The van der Waals surface area contributed by atoms with Crippen LogP contribution in [0, 0.1) is 3.57 Å². The Kier molecular flexibility index (Phi) is 5.14. The van der Waals surface area contributed by atoms with E-state index in [4.69, 9.17) is 5.11 Å². The van der Waals surface area contributed by atoms with Crippen molar-refractivity contribution in [2.45, 2.75) is 6.54 Å². The normalized spacial score (nSPS) is 10.1. The molecular weight excluding hydrogens is 387 g/mol. The van der Waals surface area contributed by atoms with E-state index >= 15 is 0 Å². The number of nitrogens with zero attached hydrogens (tertiary/aromatic N) is 2. The number of benzene rings is 1. The number of hydrogen-bond acceptors (Lipinski definition) is 3. The molecule has 7 nitrogen and oxygen atoms in total. The number of carbonyl (C=O) groups is 2. The predicted molar refractivity (Wildman–Crippen MR) is 85.4 cm³/mol. The number of para-hydroxylation sites is 1. The Hall–Kier alpha value is -2.10. The minimum atomic E-state index is -1.07. The average molecular weight is 400 g/mol. The topological polar surface area (TPSA) is 96.2 Å². The summed E-state index contributed by atoms with van der Waals surface area (Å²) < 4.78 is 2.56. The lowest BCUT2D eigenvalue weighted by Crippen LogP contribution is -2.31. The molecule has 0 unspecified atom stereocenters. The Morgan fingerprint density at radius 1 is 1.33 bits per heavy atom. The molecule has 0 spiro atoms. The number of rotatable bonds is 5. The molecule has 2 aromatic rings. The molecule has 0 radical (unpaired) electrons. The smallest absolute Gasteiger partial charge is 0.356 e. The van der Waals surface area contributed by atoms with Crippen LogP contribution < -0.4 is 10.6 Å². The van der Waals surface area contributed by atoms with E-state index in [0.29, 0.717) is 13.1 Å². The van der Waals surface area contributed by atoms with Crippen molar-refractivity contribution in [1.82, 2.24) is 14.9 Å². The molecule has 2 rings (SSSR count). The van der Waals surface area contributed by atoms with Crippen LogP contribution in [0.4, 0.5) is 10.5 Å². The maximum absolute atomic E-state index is 11.7. The third kappa shape index (κ3) is 4.45. The zero-order chi connectivity index (χ0) is 15.2. The summed E-state index contributed by atoms with van der Waals surface area (Å²) in [5, 5.41) is 14.2. The molecule has 21 heavy (non-hydrogen) atoms. The second-order valence-corrected chi connectivity index (χ2v) is 5.32. The summed E-state index contributed by atoms with van der Waals surface area (Å²) in [4.78, 5) is 26.1. The van der Waals surface area contributed by atoms with E-state index < -0.39 is 5.97 Å². The summed E-state index contributed by atoms with van der Waals surface area (Å²) in [6.45, 7) is 0.810.